The summed E-state index contributed by atoms with van der Waals surface area (Å²) in [6.45, 7) is 5.15. The summed E-state index contributed by atoms with van der Waals surface area (Å²) in [5, 5.41) is 7.48. The van der Waals surface area contributed by atoms with E-state index in [-0.39, 0.29) is 22.2 Å². The molecule has 2 aliphatic rings. The lowest BCUT2D eigenvalue weighted by atomic mass is 10.1. The van der Waals surface area contributed by atoms with E-state index < -0.39 is 0 Å². The smallest absolute Gasteiger partial charge is 0.161 e. The molecule has 1 aromatic rings. The first-order valence-electron chi connectivity index (χ1n) is 7.32. The molecule has 0 aliphatic carbocycles. The largest absolute Gasteiger partial charge is 0.384 e. The Bertz CT molecular complexity index is 577. The van der Waals surface area contributed by atoms with E-state index in [2.05, 4.69) is 32.7 Å². The zero-order valence-electron chi connectivity index (χ0n) is 12.1. The van der Waals surface area contributed by atoms with Gasteiger partial charge in [0.15, 0.2) is 5.82 Å². The Labute approximate surface area is 132 Å². The highest BCUT2D eigenvalue weighted by Gasteiger charge is 2.35. The summed E-state index contributed by atoms with van der Waals surface area (Å²) >= 11 is 3.24. The van der Waals surface area contributed by atoms with E-state index in [1.165, 1.54) is 12.8 Å². The van der Waals surface area contributed by atoms with Crippen molar-refractivity contribution >= 4 is 27.5 Å². The molecule has 2 saturated heterocycles. The maximum absolute atomic E-state index is 14.7. The van der Waals surface area contributed by atoms with Crippen LogP contribution in [0, 0.1) is 11.2 Å². The molecule has 2 atom stereocenters. The van der Waals surface area contributed by atoms with Crippen molar-refractivity contribution in [2.45, 2.75) is 31.8 Å². The summed E-state index contributed by atoms with van der Waals surface area (Å²) in [6, 6.07) is 4.28. The molecule has 3 N–H and O–H groups in total. The zero-order valence-corrected chi connectivity index (χ0v) is 13.7. The molecule has 0 radical (unpaired) electrons. The van der Waals surface area contributed by atoms with Gasteiger partial charge in [-0.3, -0.25) is 10.3 Å². The van der Waals surface area contributed by atoms with Crippen LogP contribution in [0.15, 0.2) is 16.6 Å². The number of nitrogens with two attached hydrogens (primary N) is 1. The second-order valence-corrected chi connectivity index (χ2v) is 6.76. The summed E-state index contributed by atoms with van der Waals surface area (Å²) < 4.78 is 15.0. The highest BCUT2D eigenvalue weighted by atomic mass is 79.9. The summed E-state index contributed by atoms with van der Waals surface area (Å²) in [5.41, 5.74) is 6.48. The molecule has 2 aliphatic heterocycles. The molecule has 3 rings (SSSR count). The van der Waals surface area contributed by atoms with E-state index in [1.54, 1.807) is 12.1 Å². The number of fused-ring (bicyclic) bond motifs is 1. The van der Waals surface area contributed by atoms with Crippen LogP contribution in [0.1, 0.15) is 25.3 Å². The van der Waals surface area contributed by atoms with Gasteiger partial charge in [-0.1, -0.05) is 0 Å². The van der Waals surface area contributed by atoms with E-state index in [0.29, 0.717) is 17.3 Å². The van der Waals surface area contributed by atoms with Gasteiger partial charge in [0, 0.05) is 30.7 Å². The number of anilines is 1. The number of hydrogen-bond donors (Lipinski definition) is 2. The lowest BCUT2D eigenvalue weighted by molar-refractivity contribution is 0.202. The number of benzene rings is 1. The predicted molar refractivity (Wildman–Crippen MR) is 86.5 cm³/mol. The van der Waals surface area contributed by atoms with Crippen LogP contribution in [-0.2, 0) is 0 Å². The number of nitrogen functional groups attached to an aromatic ring is 1. The Hall–Kier alpha value is -1.14. The molecule has 0 spiro atoms. The van der Waals surface area contributed by atoms with Crippen molar-refractivity contribution in [3.05, 3.63) is 28.0 Å². The fraction of sp³-hybridized carbons (Fsp3) is 0.533. The lowest BCUT2D eigenvalue weighted by Gasteiger charge is -2.43. The quantitative estimate of drug-likeness (QED) is 0.633. The Morgan fingerprint density at radius 1 is 1.43 bits per heavy atom. The molecule has 6 heteroatoms. The van der Waals surface area contributed by atoms with E-state index >= 15 is 0 Å². The van der Waals surface area contributed by atoms with Crippen molar-refractivity contribution in [1.29, 1.82) is 5.41 Å². The molecule has 1 aromatic carbocycles. The van der Waals surface area contributed by atoms with Crippen molar-refractivity contribution in [3.8, 4) is 0 Å². The number of halogens is 2. The van der Waals surface area contributed by atoms with Crippen LogP contribution < -0.4 is 10.6 Å². The molecule has 0 amide bonds. The maximum atomic E-state index is 14.7. The SMILES string of the molecule is CC1CN2CCCC2CN1c1ccc(C(=N)N)c(Br)c1F. The molecule has 2 fully saturated rings. The van der Waals surface area contributed by atoms with Crippen molar-refractivity contribution in [3.63, 3.8) is 0 Å². The Morgan fingerprint density at radius 3 is 2.90 bits per heavy atom. The summed E-state index contributed by atoms with van der Waals surface area (Å²) in [5.74, 6) is -0.443. The number of rotatable bonds is 2. The second-order valence-electron chi connectivity index (χ2n) is 5.97. The zero-order chi connectivity index (χ0) is 15.1. The standard InChI is InChI=1S/C15H20BrFN4/c1-9-7-20-6-2-3-10(20)8-21(9)12-5-4-11(15(18)19)13(16)14(12)17/h4-5,9-10H,2-3,6-8H2,1H3,(H3,18,19). The molecule has 114 valence electrons. The minimum atomic E-state index is -0.319. The predicted octanol–water partition coefficient (Wildman–Crippen LogP) is 2.55. The van der Waals surface area contributed by atoms with Crippen molar-refractivity contribution in [2.24, 2.45) is 5.73 Å². The monoisotopic (exact) mass is 354 g/mol. The van der Waals surface area contributed by atoms with Crippen LogP contribution in [0.4, 0.5) is 10.1 Å². The van der Waals surface area contributed by atoms with E-state index in [0.717, 1.165) is 19.6 Å². The first-order valence-corrected chi connectivity index (χ1v) is 8.11. The minimum absolute atomic E-state index is 0.124. The molecule has 2 heterocycles. The van der Waals surface area contributed by atoms with Crippen LogP contribution >= 0.6 is 15.9 Å². The van der Waals surface area contributed by atoms with E-state index in [1.807, 2.05) is 0 Å². The third kappa shape index (κ3) is 2.55. The van der Waals surface area contributed by atoms with Gasteiger partial charge in [0.1, 0.15) is 5.84 Å². The van der Waals surface area contributed by atoms with Gasteiger partial charge < -0.3 is 10.6 Å². The molecule has 0 saturated carbocycles. The molecule has 21 heavy (non-hydrogen) atoms. The first-order chi connectivity index (χ1) is 9.99. The van der Waals surface area contributed by atoms with Gasteiger partial charge in [-0.2, -0.15) is 0 Å². The Morgan fingerprint density at radius 2 is 2.19 bits per heavy atom. The molecule has 4 nitrogen and oxygen atoms in total. The topological polar surface area (TPSA) is 56.4 Å². The highest BCUT2D eigenvalue weighted by molar-refractivity contribution is 9.10. The fourth-order valence-corrected chi connectivity index (χ4v) is 4.04. The van der Waals surface area contributed by atoms with Gasteiger partial charge in [0.05, 0.1) is 10.2 Å². The van der Waals surface area contributed by atoms with Crippen molar-refractivity contribution < 1.29 is 4.39 Å². The summed E-state index contributed by atoms with van der Waals surface area (Å²) in [7, 11) is 0. The number of piperazine rings is 1. The molecule has 0 aromatic heterocycles. The number of nitrogens with one attached hydrogen (secondary N) is 1. The average Bonchev–Trinajstić information content (AvgIpc) is 2.87. The molecular formula is C15H20BrFN4. The minimum Gasteiger partial charge on any atom is -0.384 e. The molecular weight excluding hydrogens is 335 g/mol. The average molecular weight is 355 g/mol. The van der Waals surface area contributed by atoms with Crippen LogP contribution in [0.2, 0.25) is 0 Å². The highest BCUT2D eigenvalue weighted by Crippen LogP contribution is 2.34. The van der Waals surface area contributed by atoms with Crippen LogP contribution in [0.3, 0.4) is 0 Å². The number of nitrogens with zero attached hydrogens (tertiary/aromatic N) is 2. The second kappa shape index (κ2) is 5.57. The molecule has 2 unspecified atom stereocenters. The summed E-state index contributed by atoms with van der Waals surface area (Å²) in [6.07, 6.45) is 2.43. The summed E-state index contributed by atoms with van der Waals surface area (Å²) in [4.78, 5) is 4.66. The van der Waals surface area contributed by atoms with Gasteiger partial charge in [0.25, 0.3) is 0 Å². The Balaban J connectivity index is 1.93. The number of hydrogen-bond acceptors (Lipinski definition) is 3. The van der Waals surface area contributed by atoms with Gasteiger partial charge >= 0.3 is 0 Å². The van der Waals surface area contributed by atoms with Gasteiger partial charge in [-0.05, 0) is 54.4 Å². The van der Waals surface area contributed by atoms with Crippen molar-refractivity contribution in [1.82, 2.24) is 4.90 Å². The maximum Gasteiger partial charge on any atom is 0.161 e. The van der Waals surface area contributed by atoms with Crippen LogP contribution in [0.5, 0.6) is 0 Å². The normalized spacial score (nSPS) is 26.0. The fourth-order valence-electron chi connectivity index (χ4n) is 3.49. The lowest BCUT2D eigenvalue weighted by Crippen LogP contribution is -2.55. The van der Waals surface area contributed by atoms with E-state index in [4.69, 9.17) is 11.1 Å². The van der Waals surface area contributed by atoms with Crippen molar-refractivity contribution in [2.75, 3.05) is 24.5 Å². The third-order valence-corrected chi connectivity index (χ3v) is 5.37. The third-order valence-electron chi connectivity index (χ3n) is 4.60. The van der Waals surface area contributed by atoms with Crippen LogP contribution in [0.25, 0.3) is 0 Å². The van der Waals surface area contributed by atoms with Gasteiger partial charge in [0.2, 0.25) is 0 Å². The van der Waals surface area contributed by atoms with Gasteiger partial charge in [-0.25, -0.2) is 4.39 Å². The van der Waals surface area contributed by atoms with E-state index in [9.17, 15) is 4.39 Å². The number of amidine groups is 1. The first kappa shape index (κ1) is 14.8. The van der Waals surface area contributed by atoms with Crippen LogP contribution in [-0.4, -0.2) is 42.5 Å². The van der Waals surface area contributed by atoms with Gasteiger partial charge in [-0.15, -0.1) is 0 Å². The Kier molecular flexibility index (Phi) is 3.92. The molecule has 0 bridgehead atoms.